The summed E-state index contributed by atoms with van der Waals surface area (Å²) in [7, 11) is 0. The van der Waals surface area contributed by atoms with Crippen LogP contribution in [-0.4, -0.2) is 29.2 Å². The van der Waals surface area contributed by atoms with Crippen LogP contribution in [0.15, 0.2) is 56.3 Å². The van der Waals surface area contributed by atoms with Gasteiger partial charge in [-0.3, -0.25) is 9.59 Å². The summed E-state index contributed by atoms with van der Waals surface area (Å²) < 4.78 is 16.2. The van der Waals surface area contributed by atoms with Gasteiger partial charge in [-0.05, 0) is 55.2 Å². The maximum absolute atomic E-state index is 12.9. The van der Waals surface area contributed by atoms with Gasteiger partial charge in [0.25, 0.3) is 5.91 Å². The molecule has 0 radical (unpaired) electrons. The normalized spacial score (nSPS) is 22.7. The van der Waals surface area contributed by atoms with Gasteiger partial charge in [-0.1, -0.05) is 13.8 Å². The molecule has 0 N–H and O–H groups in total. The molecule has 4 rings (SSSR count). The first-order valence-electron chi connectivity index (χ1n) is 9.89. The van der Waals surface area contributed by atoms with Crippen LogP contribution in [0.25, 0.3) is 6.08 Å². The smallest absolute Gasteiger partial charge is 0.308 e. The molecule has 29 heavy (non-hydrogen) atoms. The maximum Gasteiger partial charge on any atom is 0.308 e. The predicted molar refractivity (Wildman–Crippen MR) is 106 cm³/mol. The summed E-state index contributed by atoms with van der Waals surface area (Å²) in [6, 6.07) is 7.05. The Morgan fingerprint density at radius 1 is 1.28 bits per heavy atom. The van der Waals surface area contributed by atoms with E-state index in [-0.39, 0.29) is 30.4 Å². The number of nitrogens with zero attached hydrogens (tertiary/aromatic N) is 2. The number of amides is 1. The second-order valence-electron chi connectivity index (χ2n) is 7.63. The number of fused-ring (bicyclic) bond motifs is 1. The molecular formula is C22H24N2O5. The van der Waals surface area contributed by atoms with E-state index in [4.69, 9.17) is 13.6 Å². The van der Waals surface area contributed by atoms with Crippen molar-refractivity contribution in [1.29, 1.82) is 0 Å². The van der Waals surface area contributed by atoms with Crippen LogP contribution in [0.1, 0.15) is 50.7 Å². The summed E-state index contributed by atoms with van der Waals surface area (Å²) in [5, 5.41) is 6.10. The summed E-state index contributed by atoms with van der Waals surface area (Å²) in [5.74, 6) is 0.403. The van der Waals surface area contributed by atoms with Crippen molar-refractivity contribution < 1.29 is 23.2 Å². The molecule has 0 spiro atoms. The van der Waals surface area contributed by atoms with Gasteiger partial charge in [-0.25, -0.2) is 5.01 Å². The highest BCUT2D eigenvalue weighted by molar-refractivity contribution is 6.08. The van der Waals surface area contributed by atoms with Crippen molar-refractivity contribution in [3.05, 3.63) is 53.9 Å². The molecule has 1 saturated carbocycles. The number of rotatable bonds is 5. The first-order valence-corrected chi connectivity index (χ1v) is 9.89. The van der Waals surface area contributed by atoms with E-state index in [1.54, 1.807) is 32.4 Å². The Morgan fingerprint density at radius 3 is 2.76 bits per heavy atom. The third-order valence-electron chi connectivity index (χ3n) is 5.26. The van der Waals surface area contributed by atoms with Crippen LogP contribution < -0.4 is 0 Å². The summed E-state index contributed by atoms with van der Waals surface area (Å²) >= 11 is 0. The van der Waals surface area contributed by atoms with Gasteiger partial charge in [0.2, 0.25) is 0 Å². The fraction of sp³-hybridized carbons (Fsp3) is 0.409. The van der Waals surface area contributed by atoms with Crippen molar-refractivity contribution in [2.75, 3.05) is 6.61 Å². The fourth-order valence-electron chi connectivity index (χ4n) is 3.86. The van der Waals surface area contributed by atoms with Crippen LogP contribution in [0.5, 0.6) is 0 Å². The lowest BCUT2D eigenvalue weighted by atomic mass is 9.79. The molecule has 7 heteroatoms. The van der Waals surface area contributed by atoms with Crippen molar-refractivity contribution >= 4 is 23.7 Å². The molecule has 1 aliphatic heterocycles. The molecule has 3 heterocycles. The topological polar surface area (TPSA) is 85.3 Å². The molecule has 2 aromatic heterocycles. The molecule has 2 atom stereocenters. The number of allylic oxidation sites excluding steroid dienone is 1. The van der Waals surface area contributed by atoms with E-state index in [2.05, 4.69) is 5.10 Å². The van der Waals surface area contributed by atoms with Crippen LogP contribution in [0.2, 0.25) is 0 Å². The minimum atomic E-state index is -0.407. The highest BCUT2D eigenvalue weighted by atomic mass is 16.5. The number of hydrogen-bond acceptors (Lipinski definition) is 6. The molecule has 1 aliphatic carbocycles. The third-order valence-corrected chi connectivity index (χ3v) is 5.26. The Morgan fingerprint density at radius 2 is 2.07 bits per heavy atom. The van der Waals surface area contributed by atoms with Crippen molar-refractivity contribution in [2.45, 2.75) is 39.2 Å². The molecule has 152 valence electrons. The number of ether oxygens (including phenoxy) is 1. The molecule has 1 amide bonds. The standard InChI is InChI=1S/C22H24N2O5/c1-14(2)22(26)29-13-19(25)24-21(18-9-5-11-28-18)17-8-3-6-15(20(17)23-24)12-16-7-4-10-27-16/h4-5,7,9-12,14,17,21H,3,6,8,13H2,1-2H3. The molecule has 7 nitrogen and oxygen atoms in total. The Kier molecular flexibility index (Phi) is 5.38. The lowest BCUT2D eigenvalue weighted by molar-refractivity contribution is -0.155. The molecule has 0 aromatic carbocycles. The van der Waals surface area contributed by atoms with Gasteiger partial charge in [0.1, 0.15) is 17.6 Å². The lowest BCUT2D eigenvalue weighted by Crippen LogP contribution is -2.34. The molecular weight excluding hydrogens is 372 g/mol. The SMILES string of the molecule is CC(C)C(=O)OCC(=O)N1N=C2C(=Cc3ccco3)CCCC2C1c1ccco1. The van der Waals surface area contributed by atoms with Crippen LogP contribution in [0.4, 0.5) is 0 Å². The number of hydrogen-bond donors (Lipinski definition) is 0. The van der Waals surface area contributed by atoms with Crippen molar-refractivity contribution in [3.8, 4) is 0 Å². The minimum absolute atomic E-state index is 0.0286. The fourth-order valence-corrected chi connectivity index (χ4v) is 3.86. The summed E-state index contributed by atoms with van der Waals surface area (Å²) in [4.78, 5) is 24.7. The van der Waals surface area contributed by atoms with Gasteiger partial charge in [-0.15, -0.1) is 0 Å². The zero-order valence-corrected chi connectivity index (χ0v) is 16.5. The highest BCUT2D eigenvalue weighted by Crippen LogP contribution is 2.44. The zero-order valence-electron chi connectivity index (χ0n) is 16.5. The monoisotopic (exact) mass is 396 g/mol. The minimum Gasteiger partial charge on any atom is -0.467 e. The predicted octanol–water partition coefficient (Wildman–Crippen LogP) is 4.19. The number of esters is 1. The molecule has 2 unspecified atom stereocenters. The molecule has 2 aliphatic rings. The average Bonchev–Trinajstić information content (AvgIpc) is 3.45. The van der Waals surface area contributed by atoms with Crippen LogP contribution in [-0.2, 0) is 14.3 Å². The Bertz CT molecular complexity index is 925. The zero-order chi connectivity index (χ0) is 20.4. The molecule has 2 aromatic rings. The number of carbonyl (C=O) groups is 2. The van der Waals surface area contributed by atoms with E-state index < -0.39 is 5.97 Å². The van der Waals surface area contributed by atoms with Gasteiger partial charge < -0.3 is 13.6 Å². The second-order valence-corrected chi connectivity index (χ2v) is 7.63. The lowest BCUT2D eigenvalue weighted by Gasteiger charge is -2.27. The quantitative estimate of drug-likeness (QED) is 0.707. The van der Waals surface area contributed by atoms with E-state index in [0.29, 0.717) is 5.76 Å². The first kappa shape index (κ1) is 19.2. The molecule has 0 bridgehead atoms. The van der Waals surface area contributed by atoms with Gasteiger partial charge in [0.15, 0.2) is 6.61 Å². The van der Waals surface area contributed by atoms with E-state index >= 15 is 0 Å². The summed E-state index contributed by atoms with van der Waals surface area (Å²) in [6.07, 6.45) is 7.96. The van der Waals surface area contributed by atoms with Gasteiger partial charge in [0, 0.05) is 5.92 Å². The van der Waals surface area contributed by atoms with Crippen molar-refractivity contribution in [2.24, 2.45) is 16.9 Å². The Balaban J connectivity index is 1.63. The van der Waals surface area contributed by atoms with E-state index in [0.717, 1.165) is 36.3 Å². The van der Waals surface area contributed by atoms with Crippen LogP contribution in [0.3, 0.4) is 0 Å². The Labute approximate surface area is 169 Å². The van der Waals surface area contributed by atoms with Gasteiger partial charge in [-0.2, -0.15) is 5.10 Å². The van der Waals surface area contributed by atoms with Crippen molar-refractivity contribution in [1.82, 2.24) is 5.01 Å². The Hall–Kier alpha value is -3.09. The van der Waals surface area contributed by atoms with Gasteiger partial charge in [0.05, 0.1) is 24.2 Å². The largest absolute Gasteiger partial charge is 0.467 e. The molecule has 1 fully saturated rings. The maximum atomic E-state index is 12.9. The average molecular weight is 396 g/mol. The first-order chi connectivity index (χ1) is 14.0. The van der Waals surface area contributed by atoms with Crippen LogP contribution >= 0.6 is 0 Å². The number of hydrazone groups is 1. The second kappa shape index (κ2) is 8.11. The van der Waals surface area contributed by atoms with Crippen molar-refractivity contribution in [3.63, 3.8) is 0 Å². The third kappa shape index (κ3) is 3.90. The number of carbonyl (C=O) groups excluding carboxylic acids is 2. The highest BCUT2D eigenvalue weighted by Gasteiger charge is 2.45. The van der Waals surface area contributed by atoms with E-state index in [9.17, 15) is 9.59 Å². The van der Waals surface area contributed by atoms with Crippen LogP contribution in [0, 0.1) is 11.8 Å². The summed E-state index contributed by atoms with van der Waals surface area (Å²) in [6.45, 7) is 3.12. The summed E-state index contributed by atoms with van der Waals surface area (Å²) in [5.41, 5.74) is 1.93. The van der Waals surface area contributed by atoms with E-state index in [1.165, 1.54) is 5.01 Å². The van der Waals surface area contributed by atoms with E-state index in [1.807, 2.05) is 24.3 Å². The van der Waals surface area contributed by atoms with Gasteiger partial charge >= 0.3 is 5.97 Å². The number of furan rings is 2. The molecule has 0 saturated heterocycles.